The SMILES string of the molecule is Brc1cccc(CC2CO2)n1. The minimum Gasteiger partial charge on any atom is -0.373 e. The molecule has 1 aromatic rings. The van der Waals surface area contributed by atoms with Crippen LogP contribution in [0.3, 0.4) is 0 Å². The molecule has 0 aromatic carbocycles. The third-order valence-electron chi connectivity index (χ3n) is 1.61. The Morgan fingerprint density at radius 1 is 1.64 bits per heavy atom. The van der Waals surface area contributed by atoms with E-state index < -0.39 is 0 Å². The van der Waals surface area contributed by atoms with Crippen LogP contribution in [0.4, 0.5) is 0 Å². The van der Waals surface area contributed by atoms with Crippen molar-refractivity contribution in [2.45, 2.75) is 12.5 Å². The first-order chi connectivity index (χ1) is 5.34. The van der Waals surface area contributed by atoms with Crippen LogP contribution in [0.15, 0.2) is 22.8 Å². The van der Waals surface area contributed by atoms with Crippen LogP contribution >= 0.6 is 15.9 Å². The molecule has 0 amide bonds. The van der Waals surface area contributed by atoms with E-state index in [0.29, 0.717) is 6.10 Å². The molecule has 0 aliphatic carbocycles. The third-order valence-corrected chi connectivity index (χ3v) is 2.05. The molecule has 0 N–H and O–H groups in total. The topological polar surface area (TPSA) is 25.4 Å². The van der Waals surface area contributed by atoms with Crippen LogP contribution < -0.4 is 0 Å². The van der Waals surface area contributed by atoms with Crippen molar-refractivity contribution in [3.63, 3.8) is 0 Å². The lowest BCUT2D eigenvalue weighted by atomic mass is 10.2. The smallest absolute Gasteiger partial charge is 0.106 e. The normalized spacial score (nSPS) is 21.7. The molecule has 11 heavy (non-hydrogen) atoms. The first kappa shape index (κ1) is 7.25. The van der Waals surface area contributed by atoms with E-state index in [1.54, 1.807) is 0 Å². The van der Waals surface area contributed by atoms with E-state index in [9.17, 15) is 0 Å². The molecule has 1 fully saturated rings. The molecule has 0 saturated carbocycles. The molecule has 0 radical (unpaired) electrons. The summed E-state index contributed by atoms with van der Waals surface area (Å²) in [5.41, 5.74) is 1.10. The Morgan fingerprint density at radius 2 is 2.45 bits per heavy atom. The van der Waals surface area contributed by atoms with Gasteiger partial charge in [0.05, 0.1) is 12.7 Å². The average Bonchev–Trinajstić information content (AvgIpc) is 2.71. The van der Waals surface area contributed by atoms with Gasteiger partial charge in [0.2, 0.25) is 0 Å². The number of pyridine rings is 1. The van der Waals surface area contributed by atoms with Gasteiger partial charge in [0.1, 0.15) is 4.60 Å². The maximum Gasteiger partial charge on any atom is 0.106 e. The Bertz CT molecular complexity index is 260. The number of aromatic nitrogens is 1. The van der Waals surface area contributed by atoms with E-state index in [4.69, 9.17) is 4.74 Å². The lowest BCUT2D eigenvalue weighted by Crippen LogP contribution is -1.95. The fourth-order valence-corrected chi connectivity index (χ4v) is 1.36. The molecule has 1 atom stereocenters. The molecule has 1 aromatic heterocycles. The van der Waals surface area contributed by atoms with Gasteiger partial charge < -0.3 is 4.74 Å². The van der Waals surface area contributed by atoms with Crippen molar-refractivity contribution in [2.24, 2.45) is 0 Å². The summed E-state index contributed by atoms with van der Waals surface area (Å²) in [6.45, 7) is 0.897. The fraction of sp³-hybridized carbons (Fsp3) is 0.375. The standard InChI is InChI=1S/C8H8BrNO/c9-8-3-1-2-6(10-8)4-7-5-11-7/h1-3,7H,4-5H2. The predicted octanol–water partition coefficient (Wildman–Crippen LogP) is 1.79. The van der Waals surface area contributed by atoms with Crippen LogP contribution in [0.2, 0.25) is 0 Å². The van der Waals surface area contributed by atoms with Crippen LogP contribution in [0, 0.1) is 0 Å². The highest BCUT2D eigenvalue weighted by atomic mass is 79.9. The number of halogens is 1. The molecule has 1 saturated heterocycles. The van der Waals surface area contributed by atoms with Gasteiger partial charge in [0.25, 0.3) is 0 Å². The second-order valence-electron chi connectivity index (χ2n) is 2.61. The van der Waals surface area contributed by atoms with E-state index in [1.807, 2.05) is 18.2 Å². The number of rotatable bonds is 2. The summed E-state index contributed by atoms with van der Waals surface area (Å²) in [5.74, 6) is 0. The van der Waals surface area contributed by atoms with E-state index in [-0.39, 0.29) is 0 Å². The number of ether oxygens (including phenoxy) is 1. The average molecular weight is 214 g/mol. The van der Waals surface area contributed by atoms with Crippen LogP contribution in [0.25, 0.3) is 0 Å². The van der Waals surface area contributed by atoms with Gasteiger partial charge in [-0.1, -0.05) is 6.07 Å². The third kappa shape index (κ3) is 2.01. The summed E-state index contributed by atoms with van der Waals surface area (Å²) in [6, 6.07) is 5.94. The Labute approximate surface area is 73.7 Å². The zero-order chi connectivity index (χ0) is 7.68. The number of hydrogen-bond donors (Lipinski definition) is 0. The van der Waals surface area contributed by atoms with Crippen molar-refractivity contribution >= 4 is 15.9 Å². The summed E-state index contributed by atoms with van der Waals surface area (Å²) < 4.78 is 6.00. The molecular formula is C8H8BrNO. The molecule has 2 nitrogen and oxygen atoms in total. The van der Waals surface area contributed by atoms with Crippen molar-refractivity contribution in [3.8, 4) is 0 Å². The Morgan fingerprint density at radius 3 is 3.09 bits per heavy atom. The van der Waals surface area contributed by atoms with Gasteiger partial charge in [0.15, 0.2) is 0 Å². The molecule has 2 heterocycles. The van der Waals surface area contributed by atoms with Crippen molar-refractivity contribution in [3.05, 3.63) is 28.5 Å². The Hall–Kier alpha value is -0.410. The van der Waals surface area contributed by atoms with Crippen molar-refractivity contribution in [2.75, 3.05) is 6.61 Å². The second kappa shape index (κ2) is 2.91. The summed E-state index contributed by atoms with van der Waals surface area (Å²) >= 11 is 3.32. The summed E-state index contributed by atoms with van der Waals surface area (Å²) in [4.78, 5) is 4.29. The van der Waals surface area contributed by atoms with Gasteiger partial charge in [-0.15, -0.1) is 0 Å². The first-order valence-electron chi connectivity index (χ1n) is 3.57. The molecular weight excluding hydrogens is 206 g/mol. The second-order valence-corrected chi connectivity index (χ2v) is 3.42. The zero-order valence-corrected chi connectivity index (χ0v) is 7.54. The highest BCUT2D eigenvalue weighted by Crippen LogP contribution is 2.15. The van der Waals surface area contributed by atoms with E-state index in [0.717, 1.165) is 23.3 Å². The van der Waals surface area contributed by atoms with Gasteiger partial charge >= 0.3 is 0 Å². The van der Waals surface area contributed by atoms with Gasteiger partial charge in [-0.2, -0.15) is 0 Å². The Balaban J connectivity index is 2.10. The number of hydrogen-bond acceptors (Lipinski definition) is 2. The van der Waals surface area contributed by atoms with E-state index in [1.165, 1.54) is 0 Å². The predicted molar refractivity (Wildman–Crippen MR) is 45.4 cm³/mol. The van der Waals surface area contributed by atoms with Crippen LogP contribution in [0.5, 0.6) is 0 Å². The lowest BCUT2D eigenvalue weighted by Gasteiger charge is -1.95. The Kier molecular flexibility index (Phi) is 1.92. The summed E-state index contributed by atoms with van der Waals surface area (Å²) in [6.07, 6.45) is 1.37. The molecule has 0 bridgehead atoms. The molecule has 3 heteroatoms. The quantitative estimate of drug-likeness (QED) is 0.553. The molecule has 0 spiro atoms. The molecule has 2 rings (SSSR count). The van der Waals surface area contributed by atoms with Crippen LogP contribution in [-0.4, -0.2) is 17.7 Å². The fourth-order valence-electron chi connectivity index (χ4n) is 0.983. The first-order valence-corrected chi connectivity index (χ1v) is 4.37. The van der Waals surface area contributed by atoms with Crippen LogP contribution in [0.1, 0.15) is 5.69 Å². The van der Waals surface area contributed by atoms with Crippen molar-refractivity contribution < 1.29 is 4.74 Å². The monoisotopic (exact) mass is 213 g/mol. The largest absolute Gasteiger partial charge is 0.373 e. The highest BCUT2D eigenvalue weighted by molar-refractivity contribution is 9.10. The summed E-state index contributed by atoms with van der Waals surface area (Å²) in [7, 11) is 0. The molecule has 58 valence electrons. The van der Waals surface area contributed by atoms with E-state index >= 15 is 0 Å². The highest BCUT2D eigenvalue weighted by Gasteiger charge is 2.22. The maximum atomic E-state index is 5.10. The minimum atomic E-state index is 0.428. The number of nitrogens with zero attached hydrogens (tertiary/aromatic N) is 1. The maximum absolute atomic E-state index is 5.10. The zero-order valence-electron chi connectivity index (χ0n) is 5.96. The minimum absolute atomic E-state index is 0.428. The summed E-state index contributed by atoms with van der Waals surface area (Å²) in [5, 5.41) is 0. The molecule has 1 aliphatic heterocycles. The molecule has 1 aliphatic rings. The van der Waals surface area contributed by atoms with Crippen molar-refractivity contribution in [1.82, 2.24) is 4.98 Å². The molecule has 1 unspecified atom stereocenters. The van der Waals surface area contributed by atoms with Crippen LogP contribution in [-0.2, 0) is 11.2 Å². The van der Waals surface area contributed by atoms with Gasteiger partial charge in [-0.05, 0) is 28.1 Å². The number of epoxide rings is 1. The van der Waals surface area contributed by atoms with Crippen molar-refractivity contribution in [1.29, 1.82) is 0 Å². The lowest BCUT2D eigenvalue weighted by molar-refractivity contribution is 0.406. The van der Waals surface area contributed by atoms with E-state index in [2.05, 4.69) is 20.9 Å². The van der Waals surface area contributed by atoms with Gasteiger partial charge in [0, 0.05) is 12.1 Å². The van der Waals surface area contributed by atoms with Gasteiger partial charge in [-0.25, -0.2) is 4.98 Å². The van der Waals surface area contributed by atoms with Gasteiger partial charge in [-0.3, -0.25) is 0 Å².